The topological polar surface area (TPSA) is 111 Å². The third kappa shape index (κ3) is 4.77. The van der Waals surface area contributed by atoms with Crippen LogP contribution < -0.4 is 16.4 Å². The highest BCUT2D eigenvalue weighted by atomic mass is 16.2. The average Bonchev–Trinajstić information content (AvgIpc) is 3.67. The van der Waals surface area contributed by atoms with Crippen LogP contribution in [0.15, 0.2) is 65.5 Å². The smallest absolute Gasteiger partial charge is 0.267 e. The number of carbonyl (C=O) groups is 2. The molecule has 184 valence electrons. The molecule has 0 atom stereocenters. The number of hydrogen-bond donors (Lipinski definition) is 2. The van der Waals surface area contributed by atoms with Crippen LogP contribution in [-0.4, -0.2) is 31.4 Å². The third-order valence-corrected chi connectivity index (χ3v) is 6.30. The molecule has 2 heterocycles. The number of nitrogens with one attached hydrogen (secondary N) is 2. The molecule has 1 fully saturated rings. The fourth-order valence-corrected chi connectivity index (χ4v) is 4.21. The zero-order valence-electron chi connectivity index (χ0n) is 20.1. The molecule has 4 aromatic rings. The van der Waals surface area contributed by atoms with Crippen LogP contribution in [0.3, 0.4) is 0 Å². The summed E-state index contributed by atoms with van der Waals surface area (Å²) in [6.45, 7) is 2.50. The van der Waals surface area contributed by atoms with Gasteiger partial charge in [-0.25, -0.2) is 9.36 Å². The predicted octanol–water partition coefficient (Wildman–Crippen LogP) is 3.72. The molecule has 0 spiro atoms. The number of fused-ring (bicyclic) bond motifs is 1. The molecule has 0 bridgehead atoms. The van der Waals surface area contributed by atoms with Crippen molar-refractivity contribution in [3.05, 3.63) is 88.1 Å². The van der Waals surface area contributed by atoms with Crippen molar-refractivity contribution in [2.75, 3.05) is 0 Å². The van der Waals surface area contributed by atoms with E-state index in [1.807, 2.05) is 30.3 Å². The van der Waals surface area contributed by atoms with E-state index >= 15 is 0 Å². The first-order valence-corrected chi connectivity index (χ1v) is 12.3. The van der Waals surface area contributed by atoms with Crippen LogP contribution in [0.5, 0.6) is 0 Å². The van der Waals surface area contributed by atoms with Crippen molar-refractivity contribution in [1.29, 1.82) is 0 Å². The Kier molecular flexibility index (Phi) is 6.62. The number of para-hydroxylation sites is 1. The van der Waals surface area contributed by atoms with E-state index in [2.05, 4.69) is 28.0 Å². The number of nitrogens with zero attached hydrogens (tertiary/aromatic N) is 4. The minimum atomic E-state index is -0.600. The van der Waals surface area contributed by atoms with Gasteiger partial charge in [0.25, 0.3) is 17.4 Å². The summed E-state index contributed by atoms with van der Waals surface area (Å²) in [5.74, 6) is -0.732. The van der Waals surface area contributed by atoms with Crippen molar-refractivity contribution >= 4 is 22.6 Å². The molecule has 2 amide bonds. The van der Waals surface area contributed by atoms with Gasteiger partial charge >= 0.3 is 0 Å². The van der Waals surface area contributed by atoms with E-state index in [4.69, 9.17) is 0 Å². The number of benzene rings is 2. The van der Waals surface area contributed by atoms with Gasteiger partial charge in [0.05, 0.1) is 16.8 Å². The maximum Gasteiger partial charge on any atom is 0.290 e. The van der Waals surface area contributed by atoms with E-state index in [0.717, 1.165) is 43.5 Å². The Morgan fingerprint density at radius 3 is 2.33 bits per heavy atom. The Morgan fingerprint density at radius 2 is 1.61 bits per heavy atom. The summed E-state index contributed by atoms with van der Waals surface area (Å²) in [6, 6.07) is 18.0. The second-order valence-electron chi connectivity index (χ2n) is 9.01. The zero-order chi connectivity index (χ0) is 25.1. The Balaban J connectivity index is 1.40. The molecule has 0 unspecified atom stereocenters. The molecule has 1 aliphatic rings. The zero-order valence-corrected chi connectivity index (χ0v) is 20.1. The van der Waals surface area contributed by atoms with Gasteiger partial charge in [0.2, 0.25) is 0 Å². The minimum Gasteiger partial charge on any atom is -0.267 e. The Hall–Kier alpha value is -4.27. The van der Waals surface area contributed by atoms with Crippen LogP contribution >= 0.6 is 0 Å². The molecule has 1 saturated carbocycles. The largest absolute Gasteiger partial charge is 0.290 e. The summed E-state index contributed by atoms with van der Waals surface area (Å²) >= 11 is 0. The number of rotatable bonds is 8. The normalized spacial score (nSPS) is 13.0. The Bertz CT molecular complexity index is 1470. The molecule has 5 rings (SSSR count). The maximum atomic E-state index is 13.1. The van der Waals surface area contributed by atoms with Gasteiger partial charge in [-0.3, -0.25) is 25.2 Å². The lowest BCUT2D eigenvalue weighted by Gasteiger charge is -2.12. The summed E-state index contributed by atoms with van der Waals surface area (Å²) in [6.07, 6.45) is 4.85. The van der Waals surface area contributed by atoms with E-state index in [-0.39, 0.29) is 11.3 Å². The summed E-state index contributed by atoms with van der Waals surface area (Å²) in [5.41, 5.74) is 6.77. The lowest BCUT2D eigenvalue weighted by molar-refractivity contribution is 0.0839. The molecular formula is C27H28N6O3. The fraction of sp³-hybridized carbons (Fsp3) is 0.296. The maximum absolute atomic E-state index is 13.1. The monoisotopic (exact) mass is 484 g/mol. The van der Waals surface area contributed by atoms with E-state index in [1.165, 1.54) is 4.68 Å². The molecular weight excluding hydrogens is 456 g/mol. The van der Waals surface area contributed by atoms with Gasteiger partial charge in [-0.2, -0.15) is 10.2 Å². The third-order valence-electron chi connectivity index (χ3n) is 6.30. The average molecular weight is 485 g/mol. The van der Waals surface area contributed by atoms with Crippen LogP contribution in [-0.2, 0) is 6.54 Å². The Morgan fingerprint density at radius 1 is 0.917 bits per heavy atom. The number of hydrazine groups is 1. The van der Waals surface area contributed by atoms with Gasteiger partial charge in [0, 0.05) is 17.8 Å². The minimum absolute atomic E-state index is 0.0808. The van der Waals surface area contributed by atoms with Crippen LogP contribution in [0.4, 0.5) is 0 Å². The molecule has 9 heteroatoms. The summed E-state index contributed by atoms with van der Waals surface area (Å²) in [4.78, 5) is 39.1. The quantitative estimate of drug-likeness (QED) is 0.292. The second-order valence-corrected chi connectivity index (χ2v) is 9.01. The predicted molar refractivity (Wildman–Crippen MR) is 136 cm³/mol. The molecule has 0 radical (unpaired) electrons. The number of amides is 2. The van der Waals surface area contributed by atoms with Crippen LogP contribution in [0.25, 0.3) is 16.5 Å². The summed E-state index contributed by atoms with van der Waals surface area (Å²) in [5, 5.41) is 9.84. The standard InChI is InChI=1S/C27H28N6O3/c1-2-3-9-16-32-27(36)21-13-8-7-12-20(21)24(31-32)26(35)29-28-25(34)23-17-22(18-14-15-18)30-33(23)19-10-5-4-6-11-19/h4-8,10-13,17-18H,2-3,9,14-16H2,1H3,(H,28,34)(H,29,35). The number of hydrogen-bond acceptors (Lipinski definition) is 5. The SMILES string of the molecule is CCCCCn1nc(C(=O)NNC(=O)c2cc(C3CC3)nn2-c2ccccc2)c2ccccc2c1=O. The highest BCUT2D eigenvalue weighted by molar-refractivity contribution is 6.05. The second kappa shape index (κ2) is 10.2. The van der Waals surface area contributed by atoms with Crippen molar-refractivity contribution < 1.29 is 9.59 Å². The van der Waals surface area contributed by atoms with Crippen LogP contribution in [0.2, 0.25) is 0 Å². The van der Waals surface area contributed by atoms with Crippen LogP contribution in [0, 0.1) is 0 Å². The van der Waals surface area contributed by atoms with Gasteiger partial charge in [-0.05, 0) is 43.5 Å². The number of aromatic nitrogens is 4. The van der Waals surface area contributed by atoms with Crippen molar-refractivity contribution in [2.45, 2.75) is 51.5 Å². The summed E-state index contributed by atoms with van der Waals surface area (Å²) in [7, 11) is 0. The van der Waals surface area contributed by atoms with Crippen molar-refractivity contribution in [3.63, 3.8) is 0 Å². The molecule has 2 aromatic carbocycles. The van der Waals surface area contributed by atoms with Crippen molar-refractivity contribution in [1.82, 2.24) is 30.4 Å². The van der Waals surface area contributed by atoms with E-state index in [9.17, 15) is 14.4 Å². The lowest BCUT2D eigenvalue weighted by atomic mass is 10.1. The molecule has 9 nitrogen and oxygen atoms in total. The number of unbranched alkanes of at least 4 members (excludes halogenated alkanes) is 2. The van der Waals surface area contributed by atoms with Gasteiger partial charge in [0.15, 0.2) is 5.69 Å². The molecule has 2 aromatic heterocycles. The van der Waals surface area contributed by atoms with Gasteiger partial charge in [0.1, 0.15) is 5.69 Å². The Labute approximate surface area is 208 Å². The first-order valence-electron chi connectivity index (χ1n) is 12.3. The highest BCUT2D eigenvalue weighted by Crippen LogP contribution is 2.39. The van der Waals surface area contributed by atoms with Gasteiger partial charge in [-0.1, -0.05) is 56.2 Å². The lowest BCUT2D eigenvalue weighted by Crippen LogP contribution is -2.43. The number of carbonyl (C=O) groups excluding carboxylic acids is 2. The molecule has 2 N–H and O–H groups in total. The molecule has 0 aliphatic heterocycles. The molecule has 36 heavy (non-hydrogen) atoms. The highest BCUT2D eigenvalue weighted by Gasteiger charge is 2.29. The van der Waals surface area contributed by atoms with E-state index in [0.29, 0.717) is 28.9 Å². The summed E-state index contributed by atoms with van der Waals surface area (Å²) < 4.78 is 2.93. The van der Waals surface area contributed by atoms with Gasteiger partial charge < -0.3 is 0 Å². The first kappa shape index (κ1) is 23.5. The van der Waals surface area contributed by atoms with E-state index < -0.39 is 11.8 Å². The van der Waals surface area contributed by atoms with E-state index in [1.54, 1.807) is 35.0 Å². The fourth-order valence-electron chi connectivity index (χ4n) is 4.21. The van der Waals surface area contributed by atoms with Crippen molar-refractivity contribution in [2.24, 2.45) is 0 Å². The molecule has 0 saturated heterocycles. The number of aryl methyl sites for hydroxylation is 1. The first-order chi connectivity index (χ1) is 17.6. The van der Waals surface area contributed by atoms with Crippen molar-refractivity contribution in [3.8, 4) is 5.69 Å². The van der Waals surface area contributed by atoms with Gasteiger partial charge in [-0.15, -0.1) is 0 Å². The molecule has 1 aliphatic carbocycles. The van der Waals surface area contributed by atoms with Crippen LogP contribution in [0.1, 0.15) is 71.6 Å².